The van der Waals surface area contributed by atoms with E-state index in [9.17, 15) is 9.59 Å². The molecule has 1 aromatic carbocycles. The van der Waals surface area contributed by atoms with Crippen molar-refractivity contribution in [3.63, 3.8) is 0 Å². The van der Waals surface area contributed by atoms with Gasteiger partial charge in [-0.25, -0.2) is 0 Å². The number of benzene rings is 1. The van der Waals surface area contributed by atoms with Gasteiger partial charge in [0.2, 0.25) is 11.3 Å². The van der Waals surface area contributed by atoms with Gasteiger partial charge in [-0.3, -0.25) is 9.59 Å². The first-order valence-electron chi connectivity index (χ1n) is 8.99. The summed E-state index contributed by atoms with van der Waals surface area (Å²) in [6.45, 7) is 4.02. The molecule has 2 aromatic heterocycles. The summed E-state index contributed by atoms with van der Waals surface area (Å²) in [5.41, 5.74) is 3.37. The van der Waals surface area contributed by atoms with Gasteiger partial charge in [-0.05, 0) is 31.0 Å². The molecule has 1 N–H and O–H groups in total. The Bertz CT molecular complexity index is 1090. The minimum atomic E-state index is -0.229. The smallest absolute Gasteiger partial charge is 0.244 e. The molecule has 2 heterocycles. The van der Waals surface area contributed by atoms with Gasteiger partial charge in [-0.2, -0.15) is 0 Å². The molecule has 3 rings (SSSR count). The molecular weight excluding hydrogens is 390 g/mol. The SMILES string of the molecule is COc1cn(CC(=O)Nc2cccc(C)c2C)c(CSc2nncn2C)cc1=O. The van der Waals surface area contributed by atoms with E-state index in [0.29, 0.717) is 11.4 Å². The molecule has 0 spiro atoms. The third-order valence-electron chi connectivity index (χ3n) is 4.61. The monoisotopic (exact) mass is 413 g/mol. The van der Waals surface area contributed by atoms with Gasteiger partial charge in [0.25, 0.3) is 0 Å². The molecule has 1 amide bonds. The minimum absolute atomic E-state index is 0.0543. The van der Waals surface area contributed by atoms with Crippen molar-refractivity contribution in [1.82, 2.24) is 19.3 Å². The lowest BCUT2D eigenvalue weighted by Gasteiger charge is -2.16. The van der Waals surface area contributed by atoms with Gasteiger partial charge in [0, 0.05) is 30.2 Å². The number of nitrogens with zero attached hydrogens (tertiary/aromatic N) is 4. The molecule has 0 unspecified atom stereocenters. The molecule has 0 radical (unpaired) electrons. The summed E-state index contributed by atoms with van der Waals surface area (Å²) >= 11 is 1.44. The summed E-state index contributed by atoms with van der Waals surface area (Å²) in [4.78, 5) is 24.9. The maximum atomic E-state index is 12.7. The summed E-state index contributed by atoms with van der Waals surface area (Å²) in [5.74, 6) is 0.467. The molecule has 0 saturated heterocycles. The zero-order chi connectivity index (χ0) is 21.0. The highest BCUT2D eigenvalue weighted by Crippen LogP contribution is 2.21. The number of rotatable bonds is 7. The number of ether oxygens (including phenoxy) is 1. The summed E-state index contributed by atoms with van der Waals surface area (Å²) < 4.78 is 8.67. The number of anilines is 1. The summed E-state index contributed by atoms with van der Waals surface area (Å²) in [6, 6.07) is 7.27. The normalized spacial score (nSPS) is 10.8. The molecule has 0 saturated carbocycles. The van der Waals surface area contributed by atoms with Crippen LogP contribution in [0, 0.1) is 13.8 Å². The molecular formula is C20H23N5O3S. The quantitative estimate of drug-likeness (QED) is 0.599. The van der Waals surface area contributed by atoms with E-state index in [1.54, 1.807) is 21.7 Å². The summed E-state index contributed by atoms with van der Waals surface area (Å²) in [7, 11) is 3.28. The van der Waals surface area contributed by atoms with E-state index in [1.807, 2.05) is 39.1 Å². The molecule has 0 atom stereocenters. The zero-order valence-electron chi connectivity index (χ0n) is 16.8. The maximum Gasteiger partial charge on any atom is 0.244 e. The third kappa shape index (κ3) is 4.86. The Labute approximate surface area is 172 Å². The fourth-order valence-electron chi connectivity index (χ4n) is 2.79. The van der Waals surface area contributed by atoms with Crippen molar-refractivity contribution in [3.8, 4) is 5.75 Å². The van der Waals surface area contributed by atoms with Crippen molar-refractivity contribution in [3.05, 3.63) is 63.8 Å². The highest BCUT2D eigenvalue weighted by molar-refractivity contribution is 7.98. The van der Waals surface area contributed by atoms with Gasteiger partial charge in [0.05, 0.1) is 13.3 Å². The van der Waals surface area contributed by atoms with Gasteiger partial charge < -0.3 is 19.2 Å². The van der Waals surface area contributed by atoms with Crippen molar-refractivity contribution in [2.24, 2.45) is 7.05 Å². The Balaban J connectivity index is 1.82. The van der Waals surface area contributed by atoms with Crippen LogP contribution in [0.3, 0.4) is 0 Å². The highest BCUT2D eigenvalue weighted by atomic mass is 32.2. The minimum Gasteiger partial charge on any atom is -0.491 e. The van der Waals surface area contributed by atoms with Crippen LogP contribution < -0.4 is 15.5 Å². The molecule has 0 aliphatic rings. The lowest BCUT2D eigenvalue weighted by Crippen LogP contribution is -2.23. The topological polar surface area (TPSA) is 91.0 Å². The van der Waals surface area contributed by atoms with E-state index < -0.39 is 0 Å². The lowest BCUT2D eigenvalue weighted by atomic mass is 10.1. The van der Waals surface area contributed by atoms with Gasteiger partial charge in [-0.1, -0.05) is 23.9 Å². The van der Waals surface area contributed by atoms with Crippen molar-refractivity contribution < 1.29 is 9.53 Å². The molecule has 0 fully saturated rings. The number of aryl methyl sites for hydroxylation is 2. The van der Waals surface area contributed by atoms with E-state index in [1.165, 1.54) is 24.9 Å². The fourth-order valence-corrected chi connectivity index (χ4v) is 3.67. The first-order chi connectivity index (χ1) is 13.9. The number of aromatic nitrogens is 4. The Morgan fingerprint density at radius 3 is 2.79 bits per heavy atom. The molecule has 9 heteroatoms. The van der Waals surface area contributed by atoms with E-state index in [0.717, 1.165) is 22.0 Å². The van der Waals surface area contributed by atoms with Crippen LogP contribution in [0.25, 0.3) is 0 Å². The predicted molar refractivity (Wildman–Crippen MR) is 112 cm³/mol. The second-order valence-corrected chi connectivity index (χ2v) is 7.58. The first-order valence-corrected chi connectivity index (χ1v) is 9.98. The molecule has 8 nitrogen and oxygen atoms in total. The van der Waals surface area contributed by atoms with E-state index in [2.05, 4.69) is 15.5 Å². The van der Waals surface area contributed by atoms with Crippen LogP contribution in [0.2, 0.25) is 0 Å². The Morgan fingerprint density at radius 2 is 2.10 bits per heavy atom. The van der Waals surface area contributed by atoms with Crippen LogP contribution in [-0.2, 0) is 24.1 Å². The number of methoxy groups -OCH3 is 1. The van der Waals surface area contributed by atoms with Crippen LogP contribution in [0.15, 0.2) is 46.7 Å². The van der Waals surface area contributed by atoms with E-state index in [4.69, 9.17) is 4.74 Å². The van der Waals surface area contributed by atoms with E-state index in [-0.39, 0.29) is 23.6 Å². The van der Waals surface area contributed by atoms with Crippen molar-refractivity contribution in [1.29, 1.82) is 0 Å². The highest BCUT2D eigenvalue weighted by Gasteiger charge is 2.13. The molecule has 152 valence electrons. The number of thioether (sulfide) groups is 1. The summed E-state index contributed by atoms with van der Waals surface area (Å²) in [6.07, 6.45) is 3.18. The number of hydrogen-bond acceptors (Lipinski definition) is 6. The zero-order valence-corrected chi connectivity index (χ0v) is 17.6. The molecule has 29 heavy (non-hydrogen) atoms. The standard InChI is InChI=1S/C20H23N5O3S/c1-13-6-5-7-16(14(13)2)22-19(27)10-25-9-18(28-4)17(26)8-15(25)11-29-20-23-21-12-24(20)3/h5-9,12H,10-11H2,1-4H3,(H,22,27). The van der Waals surface area contributed by atoms with Gasteiger partial charge in [-0.15, -0.1) is 10.2 Å². The van der Waals surface area contributed by atoms with Crippen LogP contribution in [0.5, 0.6) is 5.75 Å². The van der Waals surface area contributed by atoms with Crippen LogP contribution >= 0.6 is 11.8 Å². The van der Waals surface area contributed by atoms with Gasteiger partial charge in [0.15, 0.2) is 10.9 Å². The van der Waals surface area contributed by atoms with Crippen LogP contribution in [0.1, 0.15) is 16.8 Å². The van der Waals surface area contributed by atoms with Crippen molar-refractivity contribution in [2.45, 2.75) is 31.3 Å². The van der Waals surface area contributed by atoms with Crippen LogP contribution in [0.4, 0.5) is 5.69 Å². The number of nitrogens with one attached hydrogen (secondary N) is 1. The van der Waals surface area contributed by atoms with Crippen molar-refractivity contribution in [2.75, 3.05) is 12.4 Å². The molecule has 0 aliphatic carbocycles. The summed E-state index contributed by atoms with van der Waals surface area (Å²) in [5, 5.41) is 11.6. The fraction of sp³-hybridized carbons (Fsp3) is 0.300. The number of carbonyl (C=O) groups is 1. The third-order valence-corrected chi connectivity index (χ3v) is 5.68. The number of pyridine rings is 1. The largest absolute Gasteiger partial charge is 0.491 e. The van der Waals surface area contributed by atoms with Crippen LogP contribution in [-0.4, -0.2) is 32.3 Å². The molecule has 3 aromatic rings. The maximum absolute atomic E-state index is 12.7. The number of amides is 1. The van der Waals surface area contributed by atoms with E-state index >= 15 is 0 Å². The second kappa shape index (κ2) is 8.95. The number of carbonyl (C=O) groups excluding carboxylic acids is 1. The Kier molecular flexibility index (Phi) is 6.38. The van der Waals surface area contributed by atoms with Gasteiger partial charge in [0.1, 0.15) is 12.9 Å². The number of hydrogen-bond donors (Lipinski definition) is 1. The lowest BCUT2D eigenvalue weighted by molar-refractivity contribution is -0.116. The first kappa shape index (κ1) is 20.7. The van der Waals surface area contributed by atoms with Crippen molar-refractivity contribution >= 4 is 23.4 Å². The Morgan fingerprint density at radius 1 is 1.31 bits per heavy atom. The predicted octanol–water partition coefficient (Wildman–Crippen LogP) is 2.53. The second-order valence-electron chi connectivity index (χ2n) is 6.63. The van der Waals surface area contributed by atoms with Gasteiger partial charge >= 0.3 is 0 Å². The average Bonchev–Trinajstić information content (AvgIpc) is 3.10. The molecule has 0 bridgehead atoms. The Hall–Kier alpha value is -3.07. The average molecular weight is 414 g/mol. The molecule has 0 aliphatic heterocycles.